The lowest BCUT2D eigenvalue weighted by molar-refractivity contribution is 0.0749. The number of fused-ring (bicyclic) bond motifs is 1. The Balaban J connectivity index is 1.36. The van der Waals surface area contributed by atoms with E-state index in [2.05, 4.69) is 4.98 Å². The summed E-state index contributed by atoms with van der Waals surface area (Å²) in [6.07, 6.45) is 0.159. The smallest absolute Gasteiger partial charge is 0.417 e. The van der Waals surface area contributed by atoms with Gasteiger partial charge in [0.1, 0.15) is 6.61 Å². The summed E-state index contributed by atoms with van der Waals surface area (Å²) in [6, 6.07) is 9.80. The molecule has 1 aliphatic heterocycles. The second-order valence-electron chi connectivity index (χ2n) is 7.19. The SMILES string of the molecule is O=C(OCc1cc(Cl)cc(Cl)c1)N1CCCN(C(=O)c2ccc3[nH]c(=O)oc3c2)CC1. The molecule has 0 radical (unpaired) electrons. The molecule has 0 atom stereocenters. The van der Waals surface area contributed by atoms with Crippen LogP contribution in [0.3, 0.4) is 0 Å². The Kier molecular flexibility index (Phi) is 6.20. The van der Waals surface area contributed by atoms with Crippen molar-refractivity contribution in [1.29, 1.82) is 0 Å². The number of halogens is 2. The number of ether oxygens (including phenoxy) is 1. The second kappa shape index (κ2) is 9.03. The average Bonchev–Trinajstić information content (AvgIpc) is 2.93. The molecule has 1 fully saturated rings. The molecule has 4 rings (SSSR count). The maximum atomic E-state index is 12.9. The van der Waals surface area contributed by atoms with E-state index in [-0.39, 0.29) is 12.5 Å². The molecule has 2 heterocycles. The highest BCUT2D eigenvalue weighted by Gasteiger charge is 2.24. The summed E-state index contributed by atoms with van der Waals surface area (Å²) in [5, 5.41) is 0.944. The van der Waals surface area contributed by atoms with Crippen molar-refractivity contribution in [3.05, 3.63) is 68.1 Å². The van der Waals surface area contributed by atoms with E-state index in [0.29, 0.717) is 64.9 Å². The number of nitrogens with one attached hydrogen (secondary N) is 1. The third kappa shape index (κ3) is 5.03. The summed E-state index contributed by atoms with van der Waals surface area (Å²) in [4.78, 5) is 42.5. The Hall–Kier alpha value is -2.97. The lowest BCUT2D eigenvalue weighted by Crippen LogP contribution is -2.37. The molecule has 0 unspecified atom stereocenters. The molecular formula is C21H19Cl2N3O5. The first-order chi connectivity index (χ1) is 14.9. The quantitative estimate of drug-likeness (QED) is 0.634. The molecule has 1 aliphatic rings. The summed E-state index contributed by atoms with van der Waals surface area (Å²) in [5.41, 5.74) is 1.98. The number of benzene rings is 2. The van der Waals surface area contributed by atoms with Crippen molar-refractivity contribution >= 4 is 46.3 Å². The molecule has 0 saturated carbocycles. The lowest BCUT2D eigenvalue weighted by atomic mass is 10.1. The fraction of sp³-hybridized carbons (Fsp3) is 0.286. The van der Waals surface area contributed by atoms with Crippen molar-refractivity contribution in [3.8, 4) is 0 Å². The van der Waals surface area contributed by atoms with Gasteiger partial charge in [0.15, 0.2) is 5.58 Å². The first-order valence-corrected chi connectivity index (χ1v) is 10.4. The minimum absolute atomic E-state index is 0.0557. The molecule has 1 N–H and O–H groups in total. The normalized spacial score (nSPS) is 14.5. The molecule has 8 nitrogen and oxygen atoms in total. The number of hydrogen-bond acceptors (Lipinski definition) is 5. The lowest BCUT2D eigenvalue weighted by Gasteiger charge is -2.22. The zero-order valence-electron chi connectivity index (χ0n) is 16.4. The largest absolute Gasteiger partial charge is 0.445 e. The molecule has 1 aromatic heterocycles. The molecule has 31 heavy (non-hydrogen) atoms. The predicted octanol–water partition coefficient (Wildman–Crippen LogP) is 3.91. The standard InChI is InChI=1S/C21H19Cl2N3O5/c22-15-8-13(9-16(23)11-15)12-30-21(29)26-5-1-4-25(6-7-26)19(27)14-2-3-17-18(10-14)31-20(28)24-17/h2-3,8-11H,1,4-7,12H2,(H,24,28). The zero-order chi connectivity index (χ0) is 22.0. The van der Waals surface area contributed by atoms with E-state index >= 15 is 0 Å². The van der Waals surface area contributed by atoms with E-state index in [9.17, 15) is 14.4 Å². The molecule has 162 valence electrons. The number of rotatable bonds is 3. The van der Waals surface area contributed by atoms with Gasteiger partial charge in [0, 0.05) is 41.8 Å². The van der Waals surface area contributed by atoms with E-state index in [0.717, 1.165) is 0 Å². The highest BCUT2D eigenvalue weighted by atomic mass is 35.5. The molecule has 0 bridgehead atoms. The number of amides is 2. The number of carbonyl (C=O) groups is 2. The van der Waals surface area contributed by atoms with Crippen LogP contribution in [0.2, 0.25) is 10.0 Å². The number of aromatic nitrogens is 1. The number of carbonyl (C=O) groups excluding carboxylic acids is 2. The Bertz CT molecular complexity index is 1170. The predicted molar refractivity (Wildman–Crippen MR) is 116 cm³/mol. The monoisotopic (exact) mass is 463 g/mol. The number of oxazole rings is 1. The van der Waals surface area contributed by atoms with Crippen molar-refractivity contribution in [3.63, 3.8) is 0 Å². The van der Waals surface area contributed by atoms with Crippen LogP contribution < -0.4 is 5.76 Å². The number of H-pyrrole nitrogens is 1. The van der Waals surface area contributed by atoms with Crippen molar-refractivity contribution < 1.29 is 18.7 Å². The highest BCUT2D eigenvalue weighted by molar-refractivity contribution is 6.34. The van der Waals surface area contributed by atoms with E-state index in [1.165, 1.54) is 0 Å². The minimum atomic E-state index is -0.566. The zero-order valence-corrected chi connectivity index (χ0v) is 17.9. The first-order valence-electron chi connectivity index (χ1n) is 9.68. The Morgan fingerprint density at radius 2 is 1.71 bits per heavy atom. The molecular weight excluding hydrogens is 445 g/mol. The van der Waals surface area contributed by atoms with Gasteiger partial charge in [-0.2, -0.15) is 0 Å². The van der Waals surface area contributed by atoms with E-state index in [1.807, 2.05) is 0 Å². The Morgan fingerprint density at radius 3 is 2.48 bits per heavy atom. The van der Waals surface area contributed by atoms with Crippen molar-refractivity contribution in [2.24, 2.45) is 0 Å². The van der Waals surface area contributed by atoms with Gasteiger partial charge in [0.05, 0.1) is 5.52 Å². The Morgan fingerprint density at radius 1 is 1.00 bits per heavy atom. The summed E-state index contributed by atoms with van der Waals surface area (Å²) in [5.74, 6) is -0.752. The van der Waals surface area contributed by atoms with Crippen molar-refractivity contribution in [2.75, 3.05) is 26.2 Å². The molecule has 10 heteroatoms. The van der Waals surface area contributed by atoms with Gasteiger partial charge in [0.2, 0.25) is 0 Å². The van der Waals surface area contributed by atoms with Crippen LogP contribution in [0.15, 0.2) is 45.6 Å². The van der Waals surface area contributed by atoms with Crippen LogP contribution in [-0.2, 0) is 11.3 Å². The Labute approximate surface area is 187 Å². The topological polar surface area (TPSA) is 95.9 Å². The number of hydrogen-bond donors (Lipinski definition) is 1. The van der Waals surface area contributed by atoms with Crippen LogP contribution in [0.5, 0.6) is 0 Å². The summed E-state index contributed by atoms with van der Waals surface area (Å²) >= 11 is 11.9. The van der Waals surface area contributed by atoms with Crippen molar-refractivity contribution in [2.45, 2.75) is 13.0 Å². The van der Waals surface area contributed by atoms with Gasteiger partial charge >= 0.3 is 11.8 Å². The van der Waals surface area contributed by atoms with Crippen LogP contribution in [0, 0.1) is 0 Å². The van der Waals surface area contributed by atoms with Gasteiger partial charge in [-0.1, -0.05) is 23.2 Å². The van der Waals surface area contributed by atoms with Gasteiger partial charge in [-0.15, -0.1) is 0 Å². The average molecular weight is 464 g/mol. The second-order valence-corrected chi connectivity index (χ2v) is 8.06. The molecule has 0 aliphatic carbocycles. The van der Waals surface area contributed by atoms with Crippen LogP contribution in [0.1, 0.15) is 22.3 Å². The maximum absolute atomic E-state index is 12.9. The summed E-state index contributed by atoms with van der Waals surface area (Å²) in [6.45, 7) is 1.75. The van der Waals surface area contributed by atoms with E-state index in [1.54, 1.807) is 46.2 Å². The van der Waals surface area contributed by atoms with Crippen LogP contribution in [0.25, 0.3) is 11.1 Å². The third-order valence-electron chi connectivity index (χ3n) is 4.99. The van der Waals surface area contributed by atoms with Crippen LogP contribution >= 0.6 is 23.2 Å². The molecule has 2 amide bonds. The van der Waals surface area contributed by atoms with E-state index in [4.69, 9.17) is 32.4 Å². The van der Waals surface area contributed by atoms with Crippen molar-refractivity contribution in [1.82, 2.24) is 14.8 Å². The fourth-order valence-electron chi connectivity index (χ4n) is 3.49. The molecule has 0 spiro atoms. The van der Waals surface area contributed by atoms with Gasteiger partial charge in [-0.25, -0.2) is 9.59 Å². The molecule has 2 aromatic carbocycles. The minimum Gasteiger partial charge on any atom is -0.445 e. The van der Waals surface area contributed by atoms with Crippen LogP contribution in [-0.4, -0.2) is 53.0 Å². The third-order valence-corrected chi connectivity index (χ3v) is 5.43. The maximum Gasteiger partial charge on any atom is 0.417 e. The summed E-state index contributed by atoms with van der Waals surface area (Å²) < 4.78 is 10.4. The molecule has 3 aromatic rings. The highest BCUT2D eigenvalue weighted by Crippen LogP contribution is 2.20. The first kappa shape index (κ1) is 21.3. The van der Waals surface area contributed by atoms with E-state index < -0.39 is 11.8 Å². The number of nitrogens with zero attached hydrogens (tertiary/aromatic N) is 2. The van der Waals surface area contributed by atoms with Crippen LogP contribution in [0.4, 0.5) is 4.79 Å². The van der Waals surface area contributed by atoms with Gasteiger partial charge in [-0.3, -0.25) is 9.78 Å². The molecule has 1 saturated heterocycles. The van der Waals surface area contributed by atoms with Gasteiger partial charge in [0.25, 0.3) is 5.91 Å². The van der Waals surface area contributed by atoms with Gasteiger partial charge < -0.3 is 19.0 Å². The van der Waals surface area contributed by atoms with Gasteiger partial charge in [-0.05, 0) is 48.4 Å². The fourth-order valence-corrected chi connectivity index (χ4v) is 4.07. The summed E-state index contributed by atoms with van der Waals surface area (Å²) in [7, 11) is 0. The number of aromatic amines is 1.